The van der Waals surface area contributed by atoms with Crippen LogP contribution in [0.3, 0.4) is 0 Å². The van der Waals surface area contributed by atoms with Crippen molar-refractivity contribution in [1.29, 1.82) is 0 Å². The van der Waals surface area contributed by atoms with Crippen molar-refractivity contribution in [3.05, 3.63) is 87.4 Å². The quantitative estimate of drug-likeness (QED) is 0.483. The van der Waals surface area contributed by atoms with Crippen molar-refractivity contribution in [3.63, 3.8) is 0 Å². The van der Waals surface area contributed by atoms with Crippen LogP contribution in [0.1, 0.15) is 16.7 Å². The van der Waals surface area contributed by atoms with Crippen LogP contribution in [0.5, 0.6) is 11.5 Å². The van der Waals surface area contributed by atoms with Crippen LogP contribution in [0, 0.1) is 0 Å². The van der Waals surface area contributed by atoms with E-state index < -0.39 is 18.2 Å². The van der Waals surface area contributed by atoms with Gasteiger partial charge in [0, 0.05) is 10.6 Å². The number of carbonyl (C=O) groups excluding carboxylic acids is 1. The van der Waals surface area contributed by atoms with Gasteiger partial charge in [0.15, 0.2) is 0 Å². The summed E-state index contributed by atoms with van der Waals surface area (Å²) in [6.45, 7) is 0.173. The SMILES string of the molecule is COc1ccc(CN2C(=O)C(NC(=O)O)N=C(c3c(Cl)cc(Cl)cc3OC)c3ccccc32)cc1. The first-order chi connectivity index (χ1) is 16.8. The van der Waals surface area contributed by atoms with E-state index in [1.165, 1.54) is 18.1 Å². The fraction of sp³-hybridized carbons (Fsp3) is 0.160. The minimum absolute atomic E-state index is 0.173. The molecule has 4 rings (SSSR count). The summed E-state index contributed by atoms with van der Waals surface area (Å²) in [5, 5.41) is 12.3. The van der Waals surface area contributed by atoms with Crippen LogP contribution in [0.25, 0.3) is 0 Å². The lowest BCUT2D eigenvalue weighted by Crippen LogP contribution is -2.46. The third kappa shape index (κ3) is 5.03. The van der Waals surface area contributed by atoms with Crippen LogP contribution >= 0.6 is 23.2 Å². The number of methoxy groups -OCH3 is 2. The molecule has 0 bridgehead atoms. The van der Waals surface area contributed by atoms with Crippen molar-refractivity contribution < 1.29 is 24.2 Å². The summed E-state index contributed by atoms with van der Waals surface area (Å²) >= 11 is 12.7. The Balaban J connectivity index is 1.91. The van der Waals surface area contributed by atoms with Gasteiger partial charge in [0.1, 0.15) is 11.5 Å². The maximum Gasteiger partial charge on any atom is 0.406 e. The van der Waals surface area contributed by atoms with Gasteiger partial charge in [-0.05, 0) is 35.9 Å². The Morgan fingerprint density at radius 2 is 1.80 bits per heavy atom. The zero-order valence-corrected chi connectivity index (χ0v) is 20.3. The standard InChI is InChI=1S/C25H21Cl2N3O5/c1-34-16-9-7-14(8-10-16)13-30-19-6-4-3-5-17(19)22(28-23(24(30)31)29-25(32)33)21-18(27)11-15(26)12-20(21)35-2/h3-12,23,29H,13H2,1-2H3,(H,32,33). The van der Waals surface area contributed by atoms with Gasteiger partial charge in [-0.15, -0.1) is 0 Å². The zero-order chi connectivity index (χ0) is 25.1. The Hall–Kier alpha value is -3.75. The minimum atomic E-state index is -1.43. The summed E-state index contributed by atoms with van der Waals surface area (Å²) in [5.41, 5.74) is 2.61. The lowest BCUT2D eigenvalue weighted by molar-refractivity contribution is -0.120. The molecule has 3 aromatic rings. The number of hydrogen-bond donors (Lipinski definition) is 2. The average molecular weight is 514 g/mol. The van der Waals surface area contributed by atoms with E-state index in [1.807, 2.05) is 12.1 Å². The molecule has 0 aliphatic carbocycles. The first-order valence-corrected chi connectivity index (χ1v) is 11.2. The molecule has 1 aliphatic heterocycles. The molecule has 1 aliphatic rings. The van der Waals surface area contributed by atoms with Gasteiger partial charge in [-0.2, -0.15) is 0 Å². The molecule has 2 amide bonds. The molecule has 0 spiro atoms. The highest BCUT2D eigenvalue weighted by Crippen LogP contribution is 2.37. The van der Waals surface area contributed by atoms with Gasteiger partial charge < -0.3 is 19.5 Å². The number of anilines is 1. The number of rotatable bonds is 6. The zero-order valence-electron chi connectivity index (χ0n) is 18.8. The summed E-state index contributed by atoms with van der Waals surface area (Å²) < 4.78 is 10.7. The molecule has 0 fully saturated rings. The van der Waals surface area contributed by atoms with Crippen LogP contribution in [-0.2, 0) is 11.3 Å². The molecule has 1 unspecified atom stereocenters. The topological polar surface area (TPSA) is 100 Å². The smallest absolute Gasteiger partial charge is 0.406 e. The number of fused-ring (bicyclic) bond motifs is 1. The van der Waals surface area contributed by atoms with Crippen molar-refractivity contribution >= 4 is 46.6 Å². The first-order valence-electron chi connectivity index (χ1n) is 10.5. The van der Waals surface area contributed by atoms with E-state index in [9.17, 15) is 14.7 Å². The van der Waals surface area contributed by atoms with Crippen molar-refractivity contribution in [3.8, 4) is 11.5 Å². The highest BCUT2D eigenvalue weighted by molar-refractivity contribution is 6.39. The molecule has 3 aromatic carbocycles. The van der Waals surface area contributed by atoms with E-state index >= 15 is 0 Å². The summed E-state index contributed by atoms with van der Waals surface area (Å²) in [7, 11) is 3.03. The number of amides is 2. The first kappa shape index (κ1) is 24.4. The highest BCUT2D eigenvalue weighted by Gasteiger charge is 2.34. The third-order valence-corrected chi connectivity index (χ3v) is 5.96. The number of carbonyl (C=O) groups is 2. The summed E-state index contributed by atoms with van der Waals surface area (Å²) in [5.74, 6) is 0.466. The van der Waals surface area contributed by atoms with Crippen molar-refractivity contribution in [2.45, 2.75) is 12.7 Å². The van der Waals surface area contributed by atoms with Gasteiger partial charge in [0.05, 0.1) is 42.7 Å². The molecule has 0 radical (unpaired) electrons. The van der Waals surface area contributed by atoms with Gasteiger partial charge in [-0.3, -0.25) is 10.1 Å². The predicted molar refractivity (Wildman–Crippen MR) is 134 cm³/mol. The number of aliphatic imine (C=N–C) groups is 1. The van der Waals surface area contributed by atoms with E-state index in [0.717, 1.165) is 5.56 Å². The van der Waals surface area contributed by atoms with Gasteiger partial charge in [-0.25, -0.2) is 9.79 Å². The molecule has 35 heavy (non-hydrogen) atoms. The Morgan fingerprint density at radius 3 is 2.46 bits per heavy atom. The molecule has 8 nitrogen and oxygen atoms in total. The summed E-state index contributed by atoms with van der Waals surface area (Å²) in [6.07, 6.45) is -2.82. The van der Waals surface area contributed by atoms with Crippen molar-refractivity contribution in [2.24, 2.45) is 4.99 Å². The number of ether oxygens (including phenoxy) is 2. The maximum atomic E-state index is 13.6. The second kappa shape index (κ2) is 10.2. The third-order valence-electron chi connectivity index (χ3n) is 5.44. The van der Waals surface area contributed by atoms with Crippen LogP contribution in [-0.4, -0.2) is 43.2 Å². The van der Waals surface area contributed by atoms with Gasteiger partial charge in [0.2, 0.25) is 6.17 Å². The second-order valence-corrected chi connectivity index (χ2v) is 8.43. The van der Waals surface area contributed by atoms with E-state index in [1.54, 1.807) is 49.6 Å². The number of para-hydroxylation sites is 1. The molecular weight excluding hydrogens is 493 g/mol. The number of nitrogens with zero attached hydrogens (tertiary/aromatic N) is 2. The van der Waals surface area contributed by atoms with Gasteiger partial charge in [0.25, 0.3) is 5.91 Å². The summed E-state index contributed by atoms with van der Waals surface area (Å²) in [4.78, 5) is 31.2. The normalized spacial score (nSPS) is 15.1. The monoisotopic (exact) mass is 513 g/mol. The highest BCUT2D eigenvalue weighted by atomic mass is 35.5. The molecule has 1 atom stereocenters. The molecule has 0 aromatic heterocycles. The van der Waals surface area contributed by atoms with Crippen LogP contribution in [0.15, 0.2) is 65.7 Å². The second-order valence-electron chi connectivity index (χ2n) is 7.58. The number of hydrogen-bond acceptors (Lipinski definition) is 5. The van der Waals surface area contributed by atoms with Gasteiger partial charge in [-0.1, -0.05) is 53.5 Å². The number of benzodiazepines with no additional fused rings is 1. The Labute approximate surface area is 211 Å². The molecular formula is C25H21Cl2N3O5. The van der Waals surface area contributed by atoms with E-state index in [-0.39, 0.29) is 11.6 Å². The number of carboxylic acid groups (broad SMARTS) is 1. The number of halogens is 2. The van der Waals surface area contributed by atoms with Crippen LogP contribution in [0.2, 0.25) is 10.0 Å². The molecule has 2 N–H and O–H groups in total. The van der Waals surface area contributed by atoms with Crippen LogP contribution in [0.4, 0.5) is 10.5 Å². The van der Waals surface area contributed by atoms with Crippen molar-refractivity contribution in [2.75, 3.05) is 19.1 Å². The lowest BCUT2D eigenvalue weighted by atomic mass is 9.99. The molecule has 180 valence electrons. The Morgan fingerprint density at radius 1 is 1.09 bits per heavy atom. The van der Waals surface area contributed by atoms with Gasteiger partial charge >= 0.3 is 6.09 Å². The number of nitrogens with one attached hydrogen (secondary N) is 1. The fourth-order valence-corrected chi connectivity index (χ4v) is 4.42. The minimum Gasteiger partial charge on any atom is -0.497 e. The summed E-state index contributed by atoms with van der Waals surface area (Å²) in [6, 6.07) is 17.5. The van der Waals surface area contributed by atoms with E-state index in [0.29, 0.717) is 39.0 Å². The van der Waals surface area contributed by atoms with Crippen molar-refractivity contribution in [1.82, 2.24) is 5.32 Å². The molecule has 10 heteroatoms. The van der Waals surface area contributed by atoms with Crippen LogP contribution < -0.4 is 19.7 Å². The molecule has 0 saturated heterocycles. The fourth-order valence-electron chi connectivity index (χ4n) is 3.86. The lowest BCUT2D eigenvalue weighted by Gasteiger charge is -2.25. The maximum absolute atomic E-state index is 13.6. The predicted octanol–water partition coefficient (Wildman–Crippen LogP) is 4.99. The van der Waals surface area contributed by atoms with E-state index in [4.69, 9.17) is 32.7 Å². The molecule has 0 saturated carbocycles. The Bertz CT molecular complexity index is 1310. The average Bonchev–Trinajstić information content (AvgIpc) is 2.94. The number of benzene rings is 3. The molecule has 1 heterocycles. The van der Waals surface area contributed by atoms with E-state index in [2.05, 4.69) is 10.3 Å². The largest absolute Gasteiger partial charge is 0.497 e. The Kier molecular flexibility index (Phi) is 7.14.